The van der Waals surface area contributed by atoms with Gasteiger partial charge in [0.05, 0.1) is 12.2 Å². The number of hydrogen-bond donors (Lipinski definition) is 2. The number of aromatic nitrogens is 5. The van der Waals surface area contributed by atoms with Crippen LogP contribution in [0.15, 0.2) is 64.6 Å². The summed E-state index contributed by atoms with van der Waals surface area (Å²) < 4.78 is 3.42. The van der Waals surface area contributed by atoms with Gasteiger partial charge in [-0.1, -0.05) is 17.2 Å². The largest absolute Gasteiger partial charge is 0.384 e. The van der Waals surface area contributed by atoms with Crippen LogP contribution in [0, 0.1) is 0 Å². The molecule has 0 aliphatic carbocycles. The van der Waals surface area contributed by atoms with E-state index in [-0.39, 0.29) is 5.56 Å². The third-order valence-corrected chi connectivity index (χ3v) is 8.27. The fourth-order valence-corrected chi connectivity index (χ4v) is 5.39. The second-order valence-corrected chi connectivity index (χ2v) is 11.3. The van der Waals surface area contributed by atoms with Crippen molar-refractivity contribution in [1.82, 2.24) is 29.2 Å². The lowest BCUT2D eigenvalue weighted by molar-refractivity contribution is 0.0435. The minimum Gasteiger partial charge on any atom is -0.384 e. The zero-order valence-corrected chi connectivity index (χ0v) is 23.6. The average molecular weight is 541 g/mol. The summed E-state index contributed by atoms with van der Waals surface area (Å²) in [5.41, 5.74) is 4.02. The zero-order chi connectivity index (χ0) is 28.0. The van der Waals surface area contributed by atoms with Gasteiger partial charge in [0.2, 0.25) is 5.95 Å². The third kappa shape index (κ3) is 4.89. The third-order valence-electron chi connectivity index (χ3n) is 8.27. The minimum absolute atomic E-state index is 0.177. The van der Waals surface area contributed by atoms with Crippen LogP contribution in [0.1, 0.15) is 39.3 Å². The highest BCUT2D eigenvalue weighted by Gasteiger charge is 2.27. The SMILES string of the molecule is C/C1=C(\C)Cn2c(=O)c3cnc(Nc4ccc(N5CCN(C)CC5)cc4)nc3n2-c2cccc(n2)C(C)(O)CC1. The van der Waals surface area contributed by atoms with Crippen molar-refractivity contribution in [3.8, 4) is 5.82 Å². The zero-order valence-electron chi connectivity index (χ0n) is 23.6. The summed E-state index contributed by atoms with van der Waals surface area (Å²) in [6.45, 7) is 10.4. The second-order valence-electron chi connectivity index (χ2n) is 11.3. The predicted molar refractivity (Wildman–Crippen MR) is 158 cm³/mol. The summed E-state index contributed by atoms with van der Waals surface area (Å²) in [5, 5.41) is 15.0. The highest BCUT2D eigenvalue weighted by molar-refractivity contribution is 5.77. The van der Waals surface area contributed by atoms with E-state index in [1.165, 1.54) is 5.69 Å². The molecular weight excluding hydrogens is 504 g/mol. The van der Waals surface area contributed by atoms with Crippen molar-refractivity contribution in [2.45, 2.75) is 45.8 Å². The van der Waals surface area contributed by atoms with Crippen molar-refractivity contribution in [3.63, 3.8) is 0 Å². The van der Waals surface area contributed by atoms with Crippen LogP contribution in [0.25, 0.3) is 16.9 Å². The Hall–Kier alpha value is -4.02. The van der Waals surface area contributed by atoms with Gasteiger partial charge in [-0.15, -0.1) is 0 Å². The first-order valence-electron chi connectivity index (χ1n) is 13.8. The first-order chi connectivity index (χ1) is 19.2. The van der Waals surface area contributed by atoms with Gasteiger partial charge in [-0.25, -0.2) is 19.3 Å². The summed E-state index contributed by atoms with van der Waals surface area (Å²) in [6.07, 6.45) is 2.83. The summed E-state index contributed by atoms with van der Waals surface area (Å²) in [6, 6.07) is 13.8. The van der Waals surface area contributed by atoms with E-state index in [0.717, 1.165) is 43.0 Å². The van der Waals surface area contributed by atoms with Gasteiger partial charge in [-0.05, 0) is 77.1 Å². The number of nitrogens with one attached hydrogen (secondary N) is 1. The molecule has 0 spiro atoms. The van der Waals surface area contributed by atoms with E-state index in [4.69, 9.17) is 9.97 Å². The van der Waals surface area contributed by atoms with Gasteiger partial charge in [0.25, 0.3) is 5.56 Å². The fraction of sp³-hybridized carbons (Fsp3) is 0.400. The maximum atomic E-state index is 13.6. The number of anilines is 3. The molecule has 208 valence electrons. The Labute approximate surface area is 233 Å². The van der Waals surface area contributed by atoms with Crippen LogP contribution < -0.4 is 15.8 Å². The Kier molecular flexibility index (Phi) is 6.67. The summed E-state index contributed by atoms with van der Waals surface area (Å²) in [5.74, 6) is 0.917. The Morgan fingerprint density at radius 3 is 2.48 bits per heavy atom. The number of likely N-dealkylation sites (N-methyl/N-ethyl adjacent to an activating group) is 1. The molecule has 10 nitrogen and oxygen atoms in total. The molecule has 2 bridgehead atoms. The molecular formula is C30H36N8O2. The first-order valence-corrected chi connectivity index (χ1v) is 13.8. The van der Waals surface area contributed by atoms with Crippen molar-refractivity contribution < 1.29 is 5.11 Å². The molecule has 0 amide bonds. The van der Waals surface area contributed by atoms with Gasteiger partial charge in [-0.2, -0.15) is 4.98 Å². The quantitative estimate of drug-likeness (QED) is 0.378. The van der Waals surface area contributed by atoms with Crippen LogP contribution in [-0.4, -0.2) is 67.5 Å². The van der Waals surface area contributed by atoms with Crippen molar-refractivity contribution in [3.05, 3.63) is 75.9 Å². The predicted octanol–water partition coefficient (Wildman–Crippen LogP) is 3.81. The van der Waals surface area contributed by atoms with Crippen LogP contribution in [-0.2, 0) is 12.1 Å². The van der Waals surface area contributed by atoms with E-state index in [0.29, 0.717) is 47.9 Å². The van der Waals surface area contributed by atoms with Crippen LogP contribution in [0.3, 0.4) is 0 Å². The number of aliphatic hydroxyl groups is 1. The molecule has 1 aromatic carbocycles. The molecule has 1 saturated heterocycles. The normalized spacial score (nSPS) is 22.2. The summed E-state index contributed by atoms with van der Waals surface area (Å²) >= 11 is 0. The lowest BCUT2D eigenvalue weighted by atomic mass is 9.92. The van der Waals surface area contributed by atoms with Gasteiger partial charge in [0.1, 0.15) is 11.0 Å². The number of allylic oxidation sites excluding steroid dienone is 2. The molecule has 40 heavy (non-hydrogen) atoms. The molecule has 2 aliphatic rings. The monoisotopic (exact) mass is 540 g/mol. The topological polar surface area (TPSA) is 104 Å². The van der Waals surface area contributed by atoms with E-state index < -0.39 is 5.60 Å². The van der Waals surface area contributed by atoms with Crippen molar-refractivity contribution in [1.29, 1.82) is 0 Å². The molecule has 1 fully saturated rings. The molecule has 2 N–H and O–H groups in total. The van der Waals surface area contributed by atoms with Crippen LogP contribution in [0.5, 0.6) is 0 Å². The van der Waals surface area contributed by atoms with Gasteiger partial charge >= 0.3 is 0 Å². The van der Waals surface area contributed by atoms with Gasteiger partial charge in [0.15, 0.2) is 11.5 Å². The van der Waals surface area contributed by atoms with Crippen molar-refractivity contribution in [2.24, 2.45) is 0 Å². The summed E-state index contributed by atoms with van der Waals surface area (Å²) in [7, 11) is 2.15. The molecule has 0 saturated carbocycles. The maximum Gasteiger partial charge on any atom is 0.278 e. The molecule has 3 aromatic heterocycles. The number of benzene rings is 1. The molecule has 5 heterocycles. The standard InChI is InChI=1S/C30H36N8O2/c1-20-12-13-30(3,40)25-6-5-7-26(33-25)38-27-24(28(39)37(38)19-21(20)2)18-31-29(34-27)32-22-8-10-23(11-9-22)36-16-14-35(4)15-17-36/h5-11,18,40H,12-17,19H2,1-4H3,(H,31,32,34)/b21-20-. The molecule has 0 radical (unpaired) electrons. The lowest BCUT2D eigenvalue weighted by Gasteiger charge is -2.34. The summed E-state index contributed by atoms with van der Waals surface area (Å²) in [4.78, 5) is 32.4. The van der Waals surface area contributed by atoms with Gasteiger partial charge < -0.3 is 20.2 Å². The van der Waals surface area contributed by atoms with Crippen molar-refractivity contribution >= 4 is 28.4 Å². The van der Waals surface area contributed by atoms with Crippen molar-refractivity contribution in [2.75, 3.05) is 43.4 Å². The average Bonchev–Trinajstić information content (AvgIpc) is 3.22. The fourth-order valence-electron chi connectivity index (χ4n) is 5.39. The highest BCUT2D eigenvalue weighted by Crippen LogP contribution is 2.30. The van der Waals surface area contributed by atoms with Crippen LogP contribution in [0.2, 0.25) is 0 Å². The van der Waals surface area contributed by atoms with E-state index in [1.54, 1.807) is 22.5 Å². The Morgan fingerprint density at radius 1 is 0.975 bits per heavy atom. The Morgan fingerprint density at radius 2 is 1.73 bits per heavy atom. The van der Waals surface area contributed by atoms with E-state index in [2.05, 4.69) is 46.2 Å². The van der Waals surface area contributed by atoms with Crippen LogP contribution >= 0.6 is 0 Å². The second kappa shape index (κ2) is 10.2. The first kappa shape index (κ1) is 26.2. The number of rotatable bonds is 3. The molecule has 2 aliphatic heterocycles. The smallest absolute Gasteiger partial charge is 0.278 e. The molecule has 4 aromatic rings. The van der Waals surface area contributed by atoms with E-state index >= 15 is 0 Å². The number of fused-ring (bicyclic) bond motifs is 6. The molecule has 1 atom stereocenters. The van der Waals surface area contributed by atoms with Gasteiger partial charge in [0, 0.05) is 43.8 Å². The number of nitrogens with zero attached hydrogens (tertiary/aromatic N) is 7. The number of piperazine rings is 1. The van der Waals surface area contributed by atoms with Crippen LogP contribution in [0.4, 0.5) is 17.3 Å². The number of pyridine rings is 1. The maximum absolute atomic E-state index is 13.6. The van der Waals surface area contributed by atoms with Gasteiger partial charge in [-0.3, -0.25) is 4.79 Å². The highest BCUT2D eigenvalue weighted by atomic mass is 16.3. The molecule has 10 heteroatoms. The lowest BCUT2D eigenvalue weighted by Crippen LogP contribution is -2.44. The molecule has 6 rings (SSSR count). The Bertz CT molecular complexity index is 1640. The Balaban J connectivity index is 1.40. The molecule has 1 unspecified atom stereocenters. The van der Waals surface area contributed by atoms with E-state index in [9.17, 15) is 9.90 Å². The van der Waals surface area contributed by atoms with E-state index in [1.807, 2.05) is 37.3 Å². The number of hydrogen-bond acceptors (Lipinski definition) is 8. The minimum atomic E-state index is -1.10.